The summed E-state index contributed by atoms with van der Waals surface area (Å²) in [5.41, 5.74) is 4.37. The van der Waals surface area contributed by atoms with Crippen LogP contribution in [0.5, 0.6) is 11.5 Å². The summed E-state index contributed by atoms with van der Waals surface area (Å²) < 4.78 is 16.5. The number of hydrogen-bond donors (Lipinski definition) is 2. The van der Waals surface area contributed by atoms with Crippen molar-refractivity contribution in [1.82, 2.24) is 34.6 Å². The van der Waals surface area contributed by atoms with Crippen LogP contribution in [0.3, 0.4) is 0 Å². The van der Waals surface area contributed by atoms with E-state index in [0.717, 1.165) is 84.4 Å². The van der Waals surface area contributed by atoms with Crippen LogP contribution in [0.2, 0.25) is 0 Å². The first-order valence-corrected chi connectivity index (χ1v) is 18.5. The largest absolute Gasteiger partial charge is 0.492 e. The Bertz CT molecular complexity index is 2010. The maximum atomic E-state index is 13.7. The Labute approximate surface area is 306 Å². The Morgan fingerprint density at radius 3 is 2.56 bits per heavy atom. The SMILES string of the molecule is C[C@@H]1CCCCN1c1nnc2ccc(O[C@@H]3CC[C@H](NC(=O)Nc4cc(C(C)(C)C)nn4-c4cccc(OCCN(C)C)c4)c4ccccc43)cn12. The summed E-state index contributed by atoms with van der Waals surface area (Å²) in [5.74, 6) is 2.96. The van der Waals surface area contributed by atoms with Gasteiger partial charge in [0.2, 0.25) is 5.95 Å². The van der Waals surface area contributed by atoms with Gasteiger partial charge in [0, 0.05) is 36.7 Å². The molecule has 4 heterocycles. The molecule has 2 aliphatic rings. The summed E-state index contributed by atoms with van der Waals surface area (Å²) in [7, 11) is 4.04. The van der Waals surface area contributed by atoms with Crippen molar-refractivity contribution in [3.05, 3.63) is 89.7 Å². The average molecular weight is 706 g/mol. The zero-order valence-corrected chi connectivity index (χ0v) is 31.2. The number of piperidine rings is 1. The number of aromatic nitrogens is 5. The van der Waals surface area contributed by atoms with Gasteiger partial charge in [0.25, 0.3) is 0 Å². The van der Waals surface area contributed by atoms with Crippen LogP contribution in [-0.4, -0.2) is 75.1 Å². The molecule has 2 N–H and O–H groups in total. The van der Waals surface area contributed by atoms with Gasteiger partial charge in [-0.15, -0.1) is 10.2 Å². The molecule has 52 heavy (non-hydrogen) atoms. The summed E-state index contributed by atoms with van der Waals surface area (Å²) in [4.78, 5) is 18.1. The molecule has 7 rings (SSSR count). The molecule has 12 nitrogen and oxygen atoms in total. The number of carbonyl (C=O) groups excluding carboxylic acids is 1. The fraction of sp³-hybridized carbons (Fsp3) is 0.450. The van der Waals surface area contributed by atoms with E-state index in [2.05, 4.69) is 70.5 Å². The van der Waals surface area contributed by atoms with Crippen molar-refractivity contribution >= 4 is 23.4 Å². The van der Waals surface area contributed by atoms with Crippen LogP contribution in [-0.2, 0) is 5.41 Å². The second-order valence-electron chi connectivity index (χ2n) is 15.3. The lowest BCUT2D eigenvalue weighted by Gasteiger charge is -2.33. The van der Waals surface area contributed by atoms with E-state index in [1.54, 1.807) is 4.68 Å². The summed E-state index contributed by atoms with van der Waals surface area (Å²) >= 11 is 0. The van der Waals surface area contributed by atoms with Crippen molar-refractivity contribution in [2.24, 2.45) is 0 Å². The number of nitrogens with zero attached hydrogens (tertiary/aromatic N) is 7. The summed E-state index contributed by atoms with van der Waals surface area (Å²) in [6.45, 7) is 10.9. The molecule has 1 aliphatic heterocycles. The van der Waals surface area contributed by atoms with E-state index >= 15 is 0 Å². The predicted molar refractivity (Wildman–Crippen MR) is 204 cm³/mol. The van der Waals surface area contributed by atoms with Crippen molar-refractivity contribution in [3.8, 4) is 17.2 Å². The fourth-order valence-electron chi connectivity index (χ4n) is 7.10. The van der Waals surface area contributed by atoms with Crippen molar-refractivity contribution in [2.75, 3.05) is 44.0 Å². The first kappa shape index (κ1) is 35.3. The van der Waals surface area contributed by atoms with Crippen LogP contribution >= 0.6 is 0 Å². The monoisotopic (exact) mass is 705 g/mol. The molecule has 274 valence electrons. The van der Waals surface area contributed by atoms with E-state index < -0.39 is 0 Å². The van der Waals surface area contributed by atoms with Gasteiger partial charge in [-0.2, -0.15) is 5.10 Å². The van der Waals surface area contributed by atoms with E-state index in [0.29, 0.717) is 18.5 Å². The minimum absolute atomic E-state index is 0.161. The van der Waals surface area contributed by atoms with E-state index in [-0.39, 0.29) is 23.6 Å². The quantitative estimate of drug-likeness (QED) is 0.156. The van der Waals surface area contributed by atoms with Gasteiger partial charge in [-0.25, -0.2) is 9.48 Å². The molecule has 1 aliphatic carbocycles. The molecule has 5 aromatic rings. The maximum absolute atomic E-state index is 13.7. The van der Waals surface area contributed by atoms with Crippen LogP contribution in [0.15, 0.2) is 72.9 Å². The van der Waals surface area contributed by atoms with Crippen LogP contribution < -0.4 is 25.0 Å². The van der Waals surface area contributed by atoms with Crippen LogP contribution in [0.4, 0.5) is 16.6 Å². The lowest BCUT2D eigenvalue weighted by Crippen LogP contribution is -2.38. The Morgan fingerprint density at radius 2 is 1.77 bits per heavy atom. The molecule has 0 unspecified atom stereocenters. The number of hydrogen-bond acceptors (Lipinski definition) is 8. The lowest BCUT2D eigenvalue weighted by molar-refractivity contribution is 0.171. The minimum Gasteiger partial charge on any atom is -0.492 e. The highest BCUT2D eigenvalue weighted by molar-refractivity contribution is 5.89. The second kappa shape index (κ2) is 14.9. The fourth-order valence-corrected chi connectivity index (χ4v) is 7.10. The van der Waals surface area contributed by atoms with E-state index in [1.165, 1.54) is 6.42 Å². The number of rotatable bonds is 10. The van der Waals surface area contributed by atoms with E-state index in [9.17, 15) is 4.79 Å². The number of urea groups is 1. The third-order valence-electron chi connectivity index (χ3n) is 10.0. The van der Waals surface area contributed by atoms with E-state index in [1.807, 2.05) is 79.3 Å². The van der Waals surface area contributed by atoms with Gasteiger partial charge in [-0.3, -0.25) is 9.72 Å². The van der Waals surface area contributed by atoms with Gasteiger partial charge in [-0.1, -0.05) is 51.1 Å². The molecular formula is C40H51N9O3. The molecule has 12 heteroatoms. The third-order valence-corrected chi connectivity index (χ3v) is 10.0. The van der Waals surface area contributed by atoms with Gasteiger partial charge in [0.1, 0.15) is 30.0 Å². The number of amides is 2. The zero-order chi connectivity index (χ0) is 36.4. The smallest absolute Gasteiger partial charge is 0.320 e. The number of nitrogens with one attached hydrogen (secondary N) is 2. The Balaban J connectivity index is 1.07. The molecule has 3 aromatic heterocycles. The number of anilines is 2. The summed E-state index contributed by atoms with van der Waals surface area (Å²) in [5, 5.41) is 20.3. The molecule has 2 amide bonds. The lowest BCUT2D eigenvalue weighted by atomic mass is 9.85. The molecular weight excluding hydrogens is 654 g/mol. The number of fused-ring (bicyclic) bond motifs is 2. The molecule has 3 atom stereocenters. The molecule has 2 aromatic carbocycles. The number of pyridine rings is 1. The van der Waals surface area contributed by atoms with Crippen molar-refractivity contribution in [1.29, 1.82) is 0 Å². The van der Waals surface area contributed by atoms with Gasteiger partial charge in [0.05, 0.1) is 23.6 Å². The van der Waals surface area contributed by atoms with Gasteiger partial charge >= 0.3 is 6.03 Å². The molecule has 0 saturated carbocycles. The summed E-state index contributed by atoms with van der Waals surface area (Å²) in [6, 6.07) is 21.8. The minimum atomic E-state index is -0.295. The van der Waals surface area contributed by atoms with Crippen LogP contribution in [0.1, 0.15) is 88.8 Å². The molecule has 0 radical (unpaired) electrons. The zero-order valence-electron chi connectivity index (χ0n) is 31.2. The van der Waals surface area contributed by atoms with Gasteiger partial charge < -0.3 is 24.6 Å². The number of likely N-dealkylation sites (N-methyl/N-ethyl adjacent to an activating group) is 1. The van der Waals surface area contributed by atoms with E-state index in [4.69, 9.17) is 14.6 Å². The van der Waals surface area contributed by atoms with Crippen molar-refractivity contribution < 1.29 is 14.3 Å². The highest BCUT2D eigenvalue weighted by Gasteiger charge is 2.31. The van der Waals surface area contributed by atoms with Crippen LogP contribution in [0.25, 0.3) is 11.3 Å². The molecule has 1 fully saturated rings. The third kappa shape index (κ3) is 7.72. The average Bonchev–Trinajstić information content (AvgIpc) is 3.74. The van der Waals surface area contributed by atoms with Crippen molar-refractivity contribution in [3.63, 3.8) is 0 Å². The molecule has 0 bridgehead atoms. The Hall–Kier alpha value is -5.10. The van der Waals surface area contributed by atoms with Crippen LogP contribution in [0, 0.1) is 0 Å². The first-order valence-electron chi connectivity index (χ1n) is 18.5. The Morgan fingerprint density at radius 1 is 0.942 bits per heavy atom. The highest BCUT2D eigenvalue weighted by atomic mass is 16.5. The second-order valence-corrected chi connectivity index (χ2v) is 15.3. The number of carbonyl (C=O) groups is 1. The number of ether oxygens (including phenoxy) is 2. The summed E-state index contributed by atoms with van der Waals surface area (Å²) in [6.07, 6.45) is 6.86. The highest BCUT2D eigenvalue weighted by Crippen LogP contribution is 2.39. The van der Waals surface area contributed by atoms with Gasteiger partial charge in [-0.05, 0) is 88.5 Å². The molecule has 1 saturated heterocycles. The standard InChI is InChI=1S/C40H51N9O3/c1-27-12-9-10-21-47(27)39-44-43-36-20-17-30(26-48(36)39)52-34-19-18-33(31-15-7-8-16-32(31)34)41-38(50)42-37-25-35(40(2,3)4)45-49(37)28-13-11-14-29(24-28)51-23-22-46(5)6/h7-8,11,13-17,20,24-27,33-34H,9-10,12,18-19,21-23H2,1-6H3,(H2,41,42,50)/t27-,33+,34-/m1/s1. The van der Waals surface area contributed by atoms with Gasteiger partial charge in [0.15, 0.2) is 5.65 Å². The maximum Gasteiger partial charge on any atom is 0.320 e. The topological polar surface area (TPSA) is 114 Å². The predicted octanol–water partition coefficient (Wildman–Crippen LogP) is 7.31. The normalized spacial score (nSPS) is 19.1. The Kier molecular flexibility index (Phi) is 10.1. The molecule has 0 spiro atoms. The first-order chi connectivity index (χ1) is 25.0. The van der Waals surface area contributed by atoms with Crippen molar-refractivity contribution in [2.45, 2.75) is 83.4 Å². The number of benzene rings is 2.